The zero-order chi connectivity index (χ0) is 20.8. The van der Waals surface area contributed by atoms with Gasteiger partial charge in [0.15, 0.2) is 0 Å². The second-order valence-electron chi connectivity index (χ2n) is 8.63. The Kier molecular flexibility index (Phi) is 5.96. The van der Waals surface area contributed by atoms with Gasteiger partial charge in [-0.1, -0.05) is 77.4 Å². The maximum absolute atomic E-state index is 13.7. The Bertz CT molecular complexity index is 934. The molecule has 0 bridgehead atoms. The second kappa shape index (κ2) is 7.81. The largest absolute Gasteiger partial charge is 0.244 e. The first-order chi connectivity index (χ1) is 13.0. The molecule has 1 heterocycles. The Morgan fingerprint density at radius 3 is 1.82 bits per heavy atom. The minimum Gasteiger partial charge on any atom is -0.207 e. The number of hydrogen-bond acceptors (Lipinski definition) is 2. The van der Waals surface area contributed by atoms with Gasteiger partial charge in [0.05, 0.1) is 10.9 Å². The van der Waals surface area contributed by atoms with Gasteiger partial charge >= 0.3 is 0 Å². The van der Waals surface area contributed by atoms with Gasteiger partial charge in [0.2, 0.25) is 10.0 Å². The van der Waals surface area contributed by atoms with Crippen molar-refractivity contribution in [3.63, 3.8) is 0 Å². The fraction of sp³-hybridized carbons (Fsp3) is 0.478. The number of sulfonamides is 1. The molecule has 2 atom stereocenters. The Morgan fingerprint density at radius 2 is 1.39 bits per heavy atom. The quantitative estimate of drug-likeness (QED) is 0.504. The third kappa shape index (κ3) is 4.00. The van der Waals surface area contributed by atoms with Crippen molar-refractivity contribution >= 4 is 21.6 Å². The summed E-state index contributed by atoms with van der Waals surface area (Å²) in [6, 6.07) is 11.5. The molecular weight excluding hydrogens is 390 g/mol. The lowest BCUT2D eigenvalue weighted by atomic mass is 9.89. The summed E-state index contributed by atoms with van der Waals surface area (Å²) in [5.41, 5.74) is 4.05. The van der Waals surface area contributed by atoms with Crippen LogP contribution >= 0.6 is 11.6 Å². The first-order valence-electron chi connectivity index (χ1n) is 9.99. The highest BCUT2D eigenvalue weighted by Gasteiger charge is 2.47. The van der Waals surface area contributed by atoms with Crippen molar-refractivity contribution in [3.05, 3.63) is 63.7 Å². The fourth-order valence-corrected chi connectivity index (χ4v) is 5.99. The van der Waals surface area contributed by atoms with Crippen LogP contribution in [0, 0.1) is 0 Å². The van der Waals surface area contributed by atoms with Gasteiger partial charge in [-0.25, -0.2) is 8.42 Å². The van der Waals surface area contributed by atoms with Crippen LogP contribution in [0.2, 0.25) is 5.02 Å². The first kappa shape index (κ1) is 21.4. The Labute approximate surface area is 174 Å². The topological polar surface area (TPSA) is 37.1 Å². The van der Waals surface area contributed by atoms with E-state index >= 15 is 0 Å². The molecule has 0 radical (unpaired) electrons. The highest BCUT2D eigenvalue weighted by molar-refractivity contribution is 7.89. The van der Waals surface area contributed by atoms with Crippen LogP contribution in [0.1, 0.15) is 87.6 Å². The standard InChI is InChI=1S/C23H30ClNO2S/c1-14(2)18-11-20(15(3)4)23(21(12-18)16(5)6)28(26,27)25-13-22(25)17-7-9-19(24)10-8-17/h7-12,14-16,22H,13H2,1-6H3/t22-,25?/m0/s1. The zero-order valence-corrected chi connectivity index (χ0v) is 19.1. The lowest BCUT2D eigenvalue weighted by Gasteiger charge is -2.23. The molecular formula is C23H30ClNO2S. The molecule has 2 aromatic carbocycles. The van der Waals surface area contributed by atoms with Gasteiger partial charge in [-0.2, -0.15) is 4.31 Å². The molecule has 0 aromatic heterocycles. The molecule has 28 heavy (non-hydrogen) atoms. The van der Waals surface area contributed by atoms with E-state index in [1.54, 1.807) is 4.31 Å². The minimum atomic E-state index is -3.57. The predicted molar refractivity (Wildman–Crippen MR) is 117 cm³/mol. The number of nitrogens with zero attached hydrogens (tertiary/aromatic N) is 1. The number of rotatable bonds is 6. The maximum atomic E-state index is 13.7. The highest BCUT2D eigenvalue weighted by atomic mass is 35.5. The summed E-state index contributed by atoms with van der Waals surface area (Å²) in [5, 5.41) is 0.660. The van der Waals surface area contributed by atoms with Gasteiger partial charge in [0.25, 0.3) is 0 Å². The molecule has 3 rings (SSSR count). The minimum absolute atomic E-state index is 0.105. The van der Waals surface area contributed by atoms with Crippen molar-refractivity contribution in [2.24, 2.45) is 0 Å². The van der Waals surface area contributed by atoms with Crippen LogP contribution in [0.4, 0.5) is 0 Å². The molecule has 0 saturated carbocycles. The van der Waals surface area contributed by atoms with E-state index in [0.717, 1.165) is 16.7 Å². The molecule has 0 aliphatic carbocycles. The van der Waals surface area contributed by atoms with Gasteiger partial charge in [-0.3, -0.25) is 0 Å². The number of halogens is 1. The molecule has 0 amide bonds. The summed E-state index contributed by atoms with van der Waals surface area (Å²) in [6.07, 6.45) is 0. The number of benzene rings is 2. The molecule has 3 nitrogen and oxygen atoms in total. The van der Waals surface area contributed by atoms with E-state index in [-0.39, 0.29) is 17.9 Å². The van der Waals surface area contributed by atoms with E-state index in [1.165, 1.54) is 5.56 Å². The molecule has 1 saturated heterocycles. The number of hydrogen-bond donors (Lipinski definition) is 0. The summed E-state index contributed by atoms with van der Waals surface area (Å²) >= 11 is 5.98. The zero-order valence-electron chi connectivity index (χ0n) is 17.5. The molecule has 5 heteroatoms. The molecule has 0 spiro atoms. The van der Waals surface area contributed by atoms with Crippen molar-refractivity contribution in [2.75, 3.05) is 6.54 Å². The first-order valence-corrected chi connectivity index (χ1v) is 11.8. The third-order valence-electron chi connectivity index (χ3n) is 5.47. The van der Waals surface area contributed by atoms with Crippen LogP contribution in [0.25, 0.3) is 0 Å². The van der Waals surface area contributed by atoms with Gasteiger partial charge in [-0.15, -0.1) is 0 Å². The summed E-state index contributed by atoms with van der Waals surface area (Å²) in [5.74, 6) is 0.625. The van der Waals surface area contributed by atoms with Crippen LogP contribution in [-0.4, -0.2) is 19.3 Å². The van der Waals surface area contributed by atoms with Gasteiger partial charge in [-0.05, 0) is 52.1 Å². The summed E-state index contributed by atoms with van der Waals surface area (Å²) in [7, 11) is -3.57. The third-order valence-corrected chi connectivity index (χ3v) is 7.73. The monoisotopic (exact) mass is 419 g/mol. The molecule has 1 unspecified atom stereocenters. The predicted octanol–water partition coefficient (Wildman–Crippen LogP) is 6.46. The Morgan fingerprint density at radius 1 is 0.893 bits per heavy atom. The van der Waals surface area contributed by atoms with Crippen LogP contribution in [0.5, 0.6) is 0 Å². The van der Waals surface area contributed by atoms with Crippen LogP contribution < -0.4 is 0 Å². The van der Waals surface area contributed by atoms with E-state index < -0.39 is 10.0 Å². The lowest BCUT2D eigenvalue weighted by Crippen LogP contribution is -2.19. The van der Waals surface area contributed by atoms with Gasteiger partial charge in [0.1, 0.15) is 0 Å². The average Bonchev–Trinajstić information content (AvgIpc) is 3.42. The molecule has 2 aromatic rings. The van der Waals surface area contributed by atoms with Crippen molar-refractivity contribution in [1.82, 2.24) is 4.31 Å². The van der Waals surface area contributed by atoms with Crippen molar-refractivity contribution in [2.45, 2.75) is 70.2 Å². The lowest BCUT2D eigenvalue weighted by molar-refractivity contribution is 0.549. The van der Waals surface area contributed by atoms with Crippen LogP contribution in [0.15, 0.2) is 41.3 Å². The van der Waals surface area contributed by atoms with Crippen molar-refractivity contribution < 1.29 is 8.42 Å². The van der Waals surface area contributed by atoms with E-state index in [2.05, 4.69) is 53.7 Å². The average molecular weight is 420 g/mol. The molecule has 1 fully saturated rings. The summed E-state index contributed by atoms with van der Waals surface area (Å²) in [4.78, 5) is 0.512. The molecule has 1 aliphatic rings. The Balaban J connectivity index is 2.10. The smallest absolute Gasteiger partial charge is 0.207 e. The van der Waals surface area contributed by atoms with Gasteiger partial charge < -0.3 is 0 Å². The maximum Gasteiger partial charge on any atom is 0.244 e. The van der Waals surface area contributed by atoms with Crippen LogP contribution in [-0.2, 0) is 10.0 Å². The van der Waals surface area contributed by atoms with E-state index in [1.807, 2.05) is 24.3 Å². The molecule has 1 aliphatic heterocycles. The molecule has 152 valence electrons. The molecule has 0 N–H and O–H groups in total. The SMILES string of the molecule is CC(C)c1cc(C(C)C)c(S(=O)(=O)N2C[C@H]2c2ccc(Cl)cc2)c(C(C)C)c1. The summed E-state index contributed by atoms with van der Waals surface area (Å²) < 4.78 is 29.0. The fourth-order valence-electron chi connectivity index (χ4n) is 3.65. The van der Waals surface area contributed by atoms with Crippen LogP contribution in [0.3, 0.4) is 0 Å². The van der Waals surface area contributed by atoms with Gasteiger partial charge in [0, 0.05) is 11.6 Å². The summed E-state index contributed by atoms with van der Waals surface area (Å²) in [6.45, 7) is 13.1. The highest BCUT2D eigenvalue weighted by Crippen LogP contribution is 2.44. The van der Waals surface area contributed by atoms with E-state index in [0.29, 0.717) is 22.4 Å². The van der Waals surface area contributed by atoms with Crippen molar-refractivity contribution in [1.29, 1.82) is 0 Å². The van der Waals surface area contributed by atoms with Crippen molar-refractivity contribution in [3.8, 4) is 0 Å². The van der Waals surface area contributed by atoms with E-state index in [4.69, 9.17) is 11.6 Å². The Hall–Kier alpha value is -1.36. The normalized spacial score (nSPS) is 19.6. The second-order valence-corrected chi connectivity index (χ2v) is 10.9. The van der Waals surface area contributed by atoms with E-state index in [9.17, 15) is 8.42 Å².